The molecule has 17 heavy (non-hydrogen) atoms. The molecule has 0 saturated heterocycles. The first-order valence-corrected chi connectivity index (χ1v) is 5.73. The zero-order valence-electron chi connectivity index (χ0n) is 9.99. The number of benzene rings is 1. The SMILES string of the molecule is C#CCc1c(CCCC)cccc1NC(=O)O. The van der Waals surface area contributed by atoms with E-state index in [0.29, 0.717) is 12.1 Å². The normalized spacial score (nSPS) is 9.65. The van der Waals surface area contributed by atoms with Gasteiger partial charge < -0.3 is 5.11 Å². The minimum atomic E-state index is -1.06. The van der Waals surface area contributed by atoms with Crippen molar-refractivity contribution in [1.82, 2.24) is 0 Å². The summed E-state index contributed by atoms with van der Waals surface area (Å²) in [6, 6.07) is 5.61. The van der Waals surface area contributed by atoms with Crippen molar-refractivity contribution < 1.29 is 9.90 Å². The highest BCUT2D eigenvalue weighted by Crippen LogP contribution is 2.22. The molecule has 3 heteroatoms. The van der Waals surface area contributed by atoms with Crippen LogP contribution in [0.4, 0.5) is 10.5 Å². The molecule has 1 aromatic rings. The average Bonchev–Trinajstić information content (AvgIpc) is 2.29. The molecule has 0 spiro atoms. The maximum absolute atomic E-state index is 10.7. The van der Waals surface area contributed by atoms with Gasteiger partial charge in [0.2, 0.25) is 0 Å². The van der Waals surface area contributed by atoms with Gasteiger partial charge in [-0.3, -0.25) is 5.32 Å². The average molecular weight is 231 g/mol. The predicted octanol–water partition coefficient (Wildman–Crippen LogP) is 3.29. The summed E-state index contributed by atoms with van der Waals surface area (Å²) in [7, 11) is 0. The predicted molar refractivity (Wildman–Crippen MR) is 69.2 cm³/mol. The van der Waals surface area contributed by atoms with Crippen LogP contribution < -0.4 is 5.32 Å². The van der Waals surface area contributed by atoms with Gasteiger partial charge in [-0.15, -0.1) is 12.3 Å². The van der Waals surface area contributed by atoms with Crippen molar-refractivity contribution in [3.63, 3.8) is 0 Å². The Balaban J connectivity index is 3.03. The number of aryl methyl sites for hydroxylation is 1. The van der Waals surface area contributed by atoms with E-state index >= 15 is 0 Å². The Morgan fingerprint density at radius 3 is 2.88 bits per heavy atom. The van der Waals surface area contributed by atoms with Gasteiger partial charge in [0.1, 0.15) is 0 Å². The molecule has 0 bridgehead atoms. The van der Waals surface area contributed by atoms with Crippen LogP contribution in [0.3, 0.4) is 0 Å². The Bertz CT molecular complexity index is 432. The molecule has 0 heterocycles. The number of nitrogens with one attached hydrogen (secondary N) is 1. The van der Waals surface area contributed by atoms with Crippen LogP contribution in [-0.4, -0.2) is 11.2 Å². The summed E-state index contributed by atoms with van der Waals surface area (Å²) < 4.78 is 0. The van der Waals surface area contributed by atoms with Crippen LogP contribution in [-0.2, 0) is 12.8 Å². The third kappa shape index (κ3) is 3.84. The van der Waals surface area contributed by atoms with E-state index in [4.69, 9.17) is 11.5 Å². The van der Waals surface area contributed by atoms with Crippen molar-refractivity contribution in [2.75, 3.05) is 5.32 Å². The van der Waals surface area contributed by atoms with E-state index in [1.807, 2.05) is 12.1 Å². The second kappa shape index (κ2) is 6.59. The molecule has 3 nitrogen and oxygen atoms in total. The van der Waals surface area contributed by atoms with Crippen LogP contribution in [0.15, 0.2) is 18.2 Å². The summed E-state index contributed by atoms with van der Waals surface area (Å²) in [5.41, 5.74) is 2.66. The van der Waals surface area contributed by atoms with Gasteiger partial charge in [-0.05, 0) is 30.0 Å². The van der Waals surface area contributed by atoms with Crippen molar-refractivity contribution >= 4 is 11.8 Å². The second-order valence-electron chi connectivity index (χ2n) is 3.86. The zero-order chi connectivity index (χ0) is 12.7. The fourth-order valence-electron chi connectivity index (χ4n) is 1.78. The first-order valence-electron chi connectivity index (χ1n) is 5.73. The Morgan fingerprint density at radius 1 is 1.53 bits per heavy atom. The van der Waals surface area contributed by atoms with E-state index in [2.05, 4.69) is 18.2 Å². The summed E-state index contributed by atoms with van der Waals surface area (Å²) in [6.45, 7) is 2.13. The third-order valence-electron chi connectivity index (χ3n) is 2.59. The van der Waals surface area contributed by atoms with E-state index in [9.17, 15) is 4.79 Å². The Kier molecular flexibility index (Phi) is 5.09. The monoisotopic (exact) mass is 231 g/mol. The minimum absolute atomic E-state index is 0.454. The Hall–Kier alpha value is -1.95. The summed E-state index contributed by atoms with van der Waals surface area (Å²) in [5, 5.41) is 11.2. The molecule has 1 rings (SSSR count). The van der Waals surface area contributed by atoms with Gasteiger partial charge in [-0.1, -0.05) is 25.5 Å². The third-order valence-corrected chi connectivity index (χ3v) is 2.59. The van der Waals surface area contributed by atoms with E-state index in [1.54, 1.807) is 6.07 Å². The standard InChI is InChI=1S/C14H17NO2/c1-3-5-8-11-9-6-10-13(15-14(16)17)12(11)7-4-2/h2,6,9-10,15H,3,5,7-8H2,1H3,(H,16,17). The number of anilines is 1. The number of unbranched alkanes of at least 4 members (excludes halogenated alkanes) is 1. The lowest BCUT2D eigenvalue weighted by Crippen LogP contribution is -2.10. The summed E-state index contributed by atoms with van der Waals surface area (Å²) in [5.74, 6) is 2.58. The molecule has 1 amide bonds. The highest BCUT2D eigenvalue weighted by molar-refractivity contribution is 5.84. The fraction of sp³-hybridized carbons (Fsp3) is 0.357. The smallest absolute Gasteiger partial charge is 0.409 e. The van der Waals surface area contributed by atoms with Crippen molar-refractivity contribution in [3.8, 4) is 12.3 Å². The van der Waals surface area contributed by atoms with Gasteiger partial charge in [0.25, 0.3) is 0 Å². The first kappa shape index (κ1) is 13.1. The van der Waals surface area contributed by atoms with Gasteiger partial charge in [0.05, 0.1) is 0 Å². The molecular formula is C14H17NO2. The Morgan fingerprint density at radius 2 is 2.29 bits per heavy atom. The van der Waals surface area contributed by atoms with E-state index < -0.39 is 6.09 Å². The first-order chi connectivity index (χ1) is 8.19. The van der Waals surface area contributed by atoms with Gasteiger partial charge in [-0.25, -0.2) is 4.79 Å². The number of hydrogen-bond donors (Lipinski definition) is 2. The molecule has 0 atom stereocenters. The van der Waals surface area contributed by atoms with Crippen molar-refractivity contribution in [2.24, 2.45) is 0 Å². The molecule has 0 unspecified atom stereocenters. The molecular weight excluding hydrogens is 214 g/mol. The molecule has 0 aliphatic carbocycles. The topological polar surface area (TPSA) is 49.3 Å². The summed E-state index contributed by atoms with van der Waals surface area (Å²) in [4.78, 5) is 10.7. The molecule has 90 valence electrons. The van der Waals surface area contributed by atoms with Crippen molar-refractivity contribution in [1.29, 1.82) is 0 Å². The van der Waals surface area contributed by atoms with Gasteiger partial charge in [0, 0.05) is 12.1 Å². The molecule has 2 N–H and O–H groups in total. The van der Waals surface area contributed by atoms with Crippen LogP contribution in [0, 0.1) is 12.3 Å². The maximum Gasteiger partial charge on any atom is 0.409 e. The lowest BCUT2D eigenvalue weighted by atomic mass is 9.98. The largest absolute Gasteiger partial charge is 0.465 e. The van der Waals surface area contributed by atoms with Gasteiger partial charge in [-0.2, -0.15) is 0 Å². The molecule has 0 aromatic heterocycles. The van der Waals surface area contributed by atoms with Crippen LogP contribution in [0.5, 0.6) is 0 Å². The summed E-state index contributed by atoms with van der Waals surface area (Å²) in [6.07, 6.45) is 7.84. The molecule has 0 aliphatic rings. The van der Waals surface area contributed by atoms with Crippen molar-refractivity contribution in [3.05, 3.63) is 29.3 Å². The number of carboxylic acid groups (broad SMARTS) is 1. The number of carbonyl (C=O) groups is 1. The van der Waals surface area contributed by atoms with Crippen LogP contribution in [0.25, 0.3) is 0 Å². The maximum atomic E-state index is 10.7. The highest BCUT2D eigenvalue weighted by atomic mass is 16.4. The lowest BCUT2D eigenvalue weighted by Gasteiger charge is -2.12. The minimum Gasteiger partial charge on any atom is -0.465 e. The summed E-state index contributed by atoms with van der Waals surface area (Å²) >= 11 is 0. The van der Waals surface area contributed by atoms with Gasteiger partial charge >= 0.3 is 6.09 Å². The van der Waals surface area contributed by atoms with E-state index in [0.717, 1.165) is 30.4 Å². The van der Waals surface area contributed by atoms with Crippen LogP contribution >= 0.6 is 0 Å². The Labute approximate surface area is 102 Å². The molecule has 0 saturated carbocycles. The van der Waals surface area contributed by atoms with Gasteiger partial charge in [0.15, 0.2) is 0 Å². The number of rotatable bonds is 5. The van der Waals surface area contributed by atoms with E-state index in [1.165, 1.54) is 0 Å². The highest BCUT2D eigenvalue weighted by Gasteiger charge is 2.09. The lowest BCUT2D eigenvalue weighted by molar-refractivity contribution is 0.209. The molecule has 0 radical (unpaired) electrons. The molecule has 1 aromatic carbocycles. The molecule has 0 fully saturated rings. The van der Waals surface area contributed by atoms with Crippen molar-refractivity contribution in [2.45, 2.75) is 32.6 Å². The fourth-order valence-corrected chi connectivity index (χ4v) is 1.78. The zero-order valence-corrected chi connectivity index (χ0v) is 9.99. The number of hydrogen-bond acceptors (Lipinski definition) is 1. The van der Waals surface area contributed by atoms with Crippen LogP contribution in [0.2, 0.25) is 0 Å². The number of amides is 1. The number of terminal acetylenes is 1. The second-order valence-corrected chi connectivity index (χ2v) is 3.86. The van der Waals surface area contributed by atoms with Crippen LogP contribution in [0.1, 0.15) is 30.9 Å². The quantitative estimate of drug-likeness (QED) is 0.764. The molecule has 0 aliphatic heterocycles. The van der Waals surface area contributed by atoms with E-state index in [-0.39, 0.29) is 0 Å².